The third kappa shape index (κ3) is 2.96. The van der Waals surface area contributed by atoms with E-state index in [2.05, 4.69) is 0 Å². The minimum absolute atomic E-state index is 0.115. The molecule has 1 aliphatic heterocycles. The van der Waals surface area contributed by atoms with Crippen LogP contribution >= 0.6 is 11.6 Å². The third-order valence-electron chi connectivity index (χ3n) is 3.78. The zero-order valence-corrected chi connectivity index (χ0v) is 14.1. The number of carbonyl (C=O) groups is 2. The van der Waals surface area contributed by atoms with E-state index in [0.29, 0.717) is 17.1 Å². The topological polar surface area (TPSA) is 59.8 Å². The van der Waals surface area contributed by atoms with E-state index in [1.165, 1.54) is 36.5 Å². The molecule has 0 aliphatic carbocycles. The van der Waals surface area contributed by atoms with Crippen molar-refractivity contribution in [3.63, 3.8) is 0 Å². The van der Waals surface area contributed by atoms with Gasteiger partial charge in [0.25, 0.3) is 5.91 Å². The number of amides is 1. The van der Waals surface area contributed by atoms with E-state index in [0.717, 1.165) is 6.07 Å². The molecule has 0 unspecified atom stereocenters. The molecule has 0 atom stereocenters. The van der Waals surface area contributed by atoms with E-state index in [1.807, 2.05) is 0 Å². The minimum Gasteiger partial charge on any atom is -0.465 e. The van der Waals surface area contributed by atoms with Crippen molar-refractivity contribution in [2.24, 2.45) is 0 Å². The quantitative estimate of drug-likeness (QED) is 0.613. The van der Waals surface area contributed by atoms with Gasteiger partial charge in [0.1, 0.15) is 11.6 Å². The molecule has 1 aromatic heterocycles. The molecule has 1 amide bonds. The van der Waals surface area contributed by atoms with E-state index in [4.69, 9.17) is 20.8 Å². The van der Waals surface area contributed by atoms with Crippen molar-refractivity contribution < 1.29 is 23.1 Å². The second kappa shape index (κ2) is 6.57. The maximum Gasteiger partial charge on any atom is 0.340 e. The second-order valence-corrected chi connectivity index (χ2v) is 5.67. The molecule has 2 heterocycles. The summed E-state index contributed by atoms with van der Waals surface area (Å²) < 4.78 is 23.4. The van der Waals surface area contributed by atoms with Gasteiger partial charge in [0.05, 0.1) is 35.2 Å². The Morgan fingerprint density at radius 1 is 1.36 bits per heavy atom. The molecular weight excluding hydrogens is 349 g/mol. The first-order chi connectivity index (χ1) is 11.9. The van der Waals surface area contributed by atoms with Gasteiger partial charge in [-0.1, -0.05) is 11.6 Å². The number of anilines is 1. The first-order valence-corrected chi connectivity index (χ1v) is 7.66. The van der Waals surface area contributed by atoms with Crippen molar-refractivity contribution >= 4 is 35.2 Å². The van der Waals surface area contributed by atoms with Gasteiger partial charge < -0.3 is 9.15 Å². The van der Waals surface area contributed by atoms with Gasteiger partial charge in [0.15, 0.2) is 0 Å². The Hall–Kier alpha value is -2.86. The zero-order chi connectivity index (χ0) is 18.1. The number of hydrogen-bond acceptors (Lipinski definition) is 4. The highest BCUT2D eigenvalue weighted by Crippen LogP contribution is 2.36. The molecule has 1 aromatic carbocycles. The number of halogens is 2. The van der Waals surface area contributed by atoms with Gasteiger partial charge in [-0.25, -0.2) is 9.18 Å². The number of allylic oxidation sites excluding steroid dienone is 1. The smallest absolute Gasteiger partial charge is 0.340 e. The SMILES string of the molecule is COC(=O)C1=C(C)N(c2ccc(F)c(Cl)c2)C(=O)/C1=C\c1ccco1. The molecule has 128 valence electrons. The fraction of sp³-hybridized carbons (Fsp3) is 0.111. The lowest BCUT2D eigenvalue weighted by Crippen LogP contribution is -2.24. The molecule has 0 radical (unpaired) electrons. The van der Waals surface area contributed by atoms with Crippen LogP contribution in [0, 0.1) is 5.82 Å². The van der Waals surface area contributed by atoms with Crippen LogP contribution < -0.4 is 4.90 Å². The van der Waals surface area contributed by atoms with E-state index < -0.39 is 17.7 Å². The van der Waals surface area contributed by atoms with Crippen LogP contribution in [0.2, 0.25) is 5.02 Å². The molecule has 2 aromatic rings. The fourth-order valence-electron chi connectivity index (χ4n) is 2.63. The highest BCUT2D eigenvalue weighted by Gasteiger charge is 2.38. The lowest BCUT2D eigenvalue weighted by molar-refractivity contribution is -0.136. The first kappa shape index (κ1) is 17.0. The Kier molecular flexibility index (Phi) is 4.46. The summed E-state index contributed by atoms with van der Waals surface area (Å²) in [6, 6.07) is 7.21. The lowest BCUT2D eigenvalue weighted by Gasteiger charge is -2.18. The van der Waals surface area contributed by atoms with Gasteiger partial charge in [-0.05, 0) is 43.3 Å². The second-order valence-electron chi connectivity index (χ2n) is 5.26. The lowest BCUT2D eigenvalue weighted by atomic mass is 10.1. The molecule has 0 bridgehead atoms. The van der Waals surface area contributed by atoms with Crippen LogP contribution in [-0.2, 0) is 14.3 Å². The summed E-state index contributed by atoms with van der Waals surface area (Å²) in [5.41, 5.74) is 0.944. The van der Waals surface area contributed by atoms with E-state index >= 15 is 0 Å². The normalized spacial score (nSPS) is 16.1. The fourth-order valence-corrected chi connectivity index (χ4v) is 2.81. The van der Waals surface area contributed by atoms with Crippen LogP contribution in [0.1, 0.15) is 12.7 Å². The molecule has 0 spiro atoms. The third-order valence-corrected chi connectivity index (χ3v) is 4.07. The Morgan fingerprint density at radius 2 is 2.12 bits per heavy atom. The van der Waals surface area contributed by atoms with Crippen molar-refractivity contribution in [1.29, 1.82) is 0 Å². The van der Waals surface area contributed by atoms with Crippen molar-refractivity contribution in [2.45, 2.75) is 6.92 Å². The van der Waals surface area contributed by atoms with E-state index in [9.17, 15) is 14.0 Å². The average Bonchev–Trinajstić information content (AvgIpc) is 3.17. The molecule has 0 saturated carbocycles. The van der Waals surface area contributed by atoms with Gasteiger partial charge >= 0.3 is 5.97 Å². The maximum absolute atomic E-state index is 13.4. The van der Waals surface area contributed by atoms with Crippen molar-refractivity contribution in [3.8, 4) is 0 Å². The number of methoxy groups -OCH3 is 1. The monoisotopic (exact) mass is 361 g/mol. The summed E-state index contributed by atoms with van der Waals surface area (Å²) >= 11 is 5.82. The number of carbonyl (C=O) groups excluding carboxylic acids is 2. The summed E-state index contributed by atoms with van der Waals surface area (Å²) in [5.74, 6) is -1.30. The summed E-state index contributed by atoms with van der Waals surface area (Å²) in [6.07, 6.45) is 2.92. The standard InChI is InChI=1S/C18H13ClFNO4/c1-10-16(18(23)24-2)13(9-12-4-3-7-25-12)17(22)21(10)11-5-6-15(20)14(19)8-11/h3-9H,1-2H3/b13-9-. The summed E-state index contributed by atoms with van der Waals surface area (Å²) in [4.78, 5) is 26.4. The van der Waals surface area contributed by atoms with Crippen LogP contribution in [0.25, 0.3) is 6.08 Å². The van der Waals surface area contributed by atoms with Gasteiger partial charge in [0.2, 0.25) is 0 Å². The number of nitrogens with zero attached hydrogens (tertiary/aromatic N) is 1. The van der Waals surface area contributed by atoms with Crippen molar-refractivity contribution in [2.75, 3.05) is 12.0 Å². The average molecular weight is 362 g/mol. The van der Waals surface area contributed by atoms with Crippen LogP contribution in [0.15, 0.2) is 57.9 Å². The molecule has 25 heavy (non-hydrogen) atoms. The first-order valence-electron chi connectivity index (χ1n) is 7.28. The van der Waals surface area contributed by atoms with Crippen molar-refractivity contribution in [1.82, 2.24) is 0 Å². The molecule has 5 nitrogen and oxygen atoms in total. The van der Waals surface area contributed by atoms with E-state index in [1.54, 1.807) is 19.1 Å². The molecule has 7 heteroatoms. The van der Waals surface area contributed by atoms with Crippen molar-refractivity contribution in [3.05, 3.63) is 70.0 Å². The Morgan fingerprint density at radius 3 is 2.72 bits per heavy atom. The zero-order valence-electron chi connectivity index (χ0n) is 13.4. The highest BCUT2D eigenvalue weighted by molar-refractivity contribution is 6.31. The highest BCUT2D eigenvalue weighted by atomic mass is 35.5. The Balaban J connectivity index is 2.15. The number of rotatable bonds is 3. The predicted molar refractivity (Wildman–Crippen MR) is 90.3 cm³/mol. The number of esters is 1. The summed E-state index contributed by atoms with van der Waals surface area (Å²) in [7, 11) is 1.23. The molecule has 0 fully saturated rings. The molecule has 3 rings (SSSR count). The Bertz CT molecular complexity index is 915. The van der Waals surface area contributed by atoms with Gasteiger partial charge in [-0.2, -0.15) is 0 Å². The Labute approximate surface area is 147 Å². The van der Waals surface area contributed by atoms with Crippen LogP contribution in [0.4, 0.5) is 10.1 Å². The molecule has 0 N–H and O–H groups in total. The van der Waals surface area contributed by atoms with Gasteiger partial charge in [-0.3, -0.25) is 9.69 Å². The number of furan rings is 1. The minimum atomic E-state index is -0.653. The maximum atomic E-state index is 13.4. The van der Waals surface area contributed by atoms with Gasteiger partial charge in [-0.15, -0.1) is 0 Å². The predicted octanol–water partition coefficient (Wildman–Crippen LogP) is 3.95. The molecule has 1 aliphatic rings. The van der Waals surface area contributed by atoms with Crippen LogP contribution in [0.5, 0.6) is 0 Å². The van der Waals surface area contributed by atoms with E-state index in [-0.39, 0.29) is 16.2 Å². The summed E-state index contributed by atoms with van der Waals surface area (Å²) in [5, 5.41) is -0.124. The largest absolute Gasteiger partial charge is 0.465 e. The van der Waals surface area contributed by atoms with Crippen LogP contribution in [0.3, 0.4) is 0 Å². The van der Waals surface area contributed by atoms with Crippen LogP contribution in [-0.4, -0.2) is 19.0 Å². The summed E-state index contributed by atoms with van der Waals surface area (Å²) in [6.45, 7) is 1.60. The number of ether oxygens (including phenoxy) is 1. The molecular formula is C18H13ClFNO4. The molecule has 0 saturated heterocycles. The number of hydrogen-bond donors (Lipinski definition) is 0. The number of benzene rings is 1. The van der Waals surface area contributed by atoms with Gasteiger partial charge in [0, 0.05) is 5.70 Å².